The predicted molar refractivity (Wildman–Crippen MR) is 74.5 cm³/mol. The summed E-state index contributed by atoms with van der Waals surface area (Å²) in [5.74, 6) is 0. The fourth-order valence-electron chi connectivity index (χ4n) is 2.66. The minimum atomic E-state index is 0.333. The third kappa shape index (κ3) is 3.46. The highest BCUT2D eigenvalue weighted by atomic mass is 35.5. The molecular weight excluding hydrogens is 230 g/mol. The molecule has 1 aliphatic rings. The minimum absolute atomic E-state index is 0.333. The number of alkyl halides is 1. The Bertz CT molecular complexity index is 346. The summed E-state index contributed by atoms with van der Waals surface area (Å²) in [6.45, 7) is 3.14. The van der Waals surface area contributed by atoms with Crippen LogP contribution in [0.1, 0.15) is 36.8 Å². The summed E-state index contributed by atoms with van der Waals surface area (Å²) in [7, 11) is 2.20. The van der Waals surface area contributed by atoms with Crippen LogP contribution in [0.15, 0.2) is 24.3 Å². The van der Waals surface area contributed by atoms with Gasteiger partial charge in [-0.25, -0.2) is 0 Å². The maximum atomic E-state index is 6.43. The maximum Gasteiger partial charge on any atom is 0.0491 e. The molecule has 0 bridgehead atoms. The fraction of sp³-hybridized carbons (Fsp3) is 0.600. The van der Waals surface area contributed by atoms with Crippen molar-refractivity contribution in [3.8, 4) is 0 Å². The first kappa shape index (κ1) is 12.9. The highest BCUT2D eigenvalue weighted by Gasteiger charge is 2.26. The lowest BCUT2D eigenvalue weighted by atomic mass is 9.93. The molecule has 2 unspecified atom stereocenters. The quantitative estimate of drug-likeness (QED) is 0.735. The molecule has 1 nitrogen and oxygen atoms in total. The van der Waals surface area contributed by atoms with E-state index in [1.54, 1.807) is 0 Å². The third-order valence-electron chi connectivity index (χ3n) is 3.77. The van der Waals surface area contributed by atoms with Crippen molar-refractivity contribution in [3.63, 3.8) is 0 Å². The van der Waals surface area contributed by atoms with Crippen LogP contribution in [0.4, 0.5) is 0 Å². The molecule has 0 aromatic heterocycles. The summed E-state index contributed by atoms with van der Waals surface area (Å²) < 4.78 is 0. The van der Waals surface area contributed by atoms with Crippen LogP contribution >= 0.6 is 11.6 Å². The molecule has 0 saturated heterocycles. The zero-order chi connectivity index (χ0) is 12.3. The molecule has 1 fully saturated rings. The van der Waals surface area contributed by atoms with E-state index in [9.17, 15) is 0 Å². The van der Waals surface area contributed by atoms with Crippen molar-refractivity contribution < 1.29 is 0 Å². The summed E-state index contributed by atoms with van der Waals surface area (Å²) in [6, 6.07) is 9.35. The average Bonchev–Trinajstić information content (AvgIpc) is 2.32. The molecule has 1 aromatic carbocycles. The largest absolute Gasteiger partial charge is 0.298 e. The van der Waals surface area contributed by atoms with Gasteiger partial charge in [0.15, 0.2) is 0 Å². The Labute approximate surface area is 110 Å². The van der Waals surface area contributed by atoms with E-state index in [2.05, 4.69) is 43.1 Å². The standard InChI is InChI=1S/C15H22ClN/c1-12-7-9-13(10-8-12)11-17(2)15-6-4-3-5-14(15)16/h7-10,14-15H,3-6,11H2,1-2H3. The number of hydrogen-bond acceptors (Lipinski definition) is 1. The summed E-state index contributed by atoms with van der Waals surface area (Å²) in [5.41, 5.74) is 2.71. The van der Waals surface area contributed by atoms with Gasteiger partial charge in [-0.05, 0) is 32.4 Å². The van der Waals surface area contributed by atoms with E-state index in [1.165, 1.54) is 36.8 Å². The van der Waals surface area contributed by atoms with E-state index in [4.69, 9.17) is 11.6 Å². The van der Waals surface area contributed by atoms with Gasteiger partial charge in [-0.15, -0.1) is 11.6 Å². The molecule has 0 spiro atoms. The van der Waals surface area contributed by atoms with E-state index in [0.29, 0.717) is 11.4 Å². The second kappa shape index (κ2) is 5.88. The highest BCUT2D eigenvalue weighted by Crippen LogP contribution is 2.27. The maximum absolute atomic E-state index is 6.43. The van der Waals surface area contributed by atoms with E-state index < -0.39 is 0 Å². The highest BCUT2D eigenvalue weighted by molar-refractivity contribution is 6.21. The van der Waals surface area contributed by atoms with Crippen LogP contribution in [0, 0.1) is 6.92 Å². The van der Waals surface area contributed by atoms with Crippen LogP contribution in [0.25, 0.3) is 0 Å². The van der Waals surface area contributed by atoms with E-state index in [-0.39, 0.29) is 0 Å². The zero-order valence-corrected chi connectivity index (χ0v) is 11.6. The summed E-state index contributed by atoms with van der Waals surface area (Å²) in [6.07, 6.45) is 5.04. The fourth-order valence-corrected chi connectivity index (χ4v) is 3.13. The Kier molecular flexibility index (Phi) is 4.47. The van der Waals surface area contributed by atoms with Crippen LogP contribution in [0.2, 0.25) is 0 Å². The molecule has 94 valence electrons. The van der Waals surface area contributed by atoms with Crippen LogP contribution in [0.3, 0.4) is 0 Å². The van der Waals surface area contributed by atoms with Gasteiger partial charge >= 0.3 is 0 Å². The van der Waals surface area contributed by atoms with Crippen molar-refractivity contribution in [2.75, 3.05) is 7.05 Å². The lowest BCUT2D eigenvalue weighted by Crippen LogP contribution is -2.40. The van der Waals surface area contributed by atoms with Crippen molar-refractivity contribution in [2.24, 2.45) is 0 Å². The Morgan fingerprint density at radius 2 is 1.82 bits per heavy atom. The SMILES string of the molecule is Cc1ccc(CN(C)C2CCCCC2Cl)cc1. The van der Waals surface area contributed by atoms with Crippen LogP contribution in [-0.4, -0.2) is 23.4 Å². The summed E-state index contributed by atoms with van der Waals surface area (Å²) in [4.78, 5) is 2.42. The van der Waals surface area contributed by atoms with Gasteiger partial charge in [0.2, 0.25) is 0 Å². The first-order chi connectivity index (χ1) is 8.16. The van der Waals surface area contributed by atoms with E-state index in [1.807, 2.05) is 0 Å². The van der Waals surface area contributed by atoms with Crippen molar-refractivity contribution in [3.05, 3.63) is 35.4 Å². The normalized spacial score (nSPS) is 25.2. The Balaban J connectivity index is 1.95. The van der Waals surface area contributed by atoms with Crippen molar-refractivity contribution in [1.29, 1.82) is 0 Å². The second-order valence-electron chi connectivity index (χ2n) is 5.27. The van der Waals surface area contributed by atoms with Crippen molar-refractivity contribution >= 4 is 11.6 Å². The third-order valence-corrected chi connectivity index (χ3v) is 4.28. The molecule has 2 atom stereocenters. The summed E-state index contributed by atoms with van der Waals surface area (Å²) in [5, 5.41) is 0.333. The number of benzene rings is 1. The number of nitrogens with zero attached hydrogens (tertiary/aromatic N) is 1. The van der Waals surface area contributed by atoms with Gasteiger partial charge in [0.05, 0.1) is 0 Å². The van der Waals surface area contributed by atoms with Gasteiger partial charge in [0.1, 0.15) is 0 Å². The van der Waals surface area contributed by atoms with Gasteiger partial charge in [-0.1, -0.05) is 42.7 Å². The predicted octanol–water partition coefficient (Wildman–Crippen LogP) is 3.98. The molecule has 1 aliphatic carbocycles. The van der Waals surface area contributed by atoms with Gasteiger partial charge in [-0.2, -0.15) is 0 Å². The molecule has 2 heteroatoms. The van der Waals surface area contributed by atoms with Crippen LogP contribution < -0.4 is 0 Å². The monoisotopic (exact) mass is 251 g/mol. The van der Waals surface area contributed by atoms with Gasteiger partial charge in [0, 0.05) is 18.0 Å². The lowest BCUT2D eigenvalue weighted by Gasteiger charge is -2.35. The topological polar surface area (TPSA) is 3.24 Å². The molecule has 0 N–H and O–H groups in total. The molecule has 0 amide bonds. The Hall–Kier alpha value is -0.530. The molecule has 2 rings (SSSR count). The zero-order valence-electron chi connectivity index (χ0n) is 10.8. The number of aryl methyl sites for hydroxylation is 1. The molecule has 1 aromatic rings. The number of rotatable bonds is 3. The molecule has 0 heterocycles. The molecule has 0 aliphatic heterocycles. The molecule has 0 radical (unpaired) electrons. The number of hydrogen-bond donors (Lipinski definition) is 0. The second-order valence-corrected chi connectivity index (χ2v) is 5.83. The summed E-state index contributed by atoms with van der Waals surface area (Å²) >= 11 is 6.43. The molecule has 1 saturated carbocycles. The van der Waals surface area contributed by atoms with Gasteiger partial charge in [0.25, 0.3) is 0 Å². The molecular formula is C15H22ClN. The Morgan fingerprint density at radius 1 is 1.18 bits per heavy atom. The minimum Gasteiger partial charge on any atom is -0.298 e. The smallest absolute Gasteiger partial charge is 0.0491 e. The molecule has 17 heavy (non-hydrogen) atoms. The van der Waals surface area contributed by atoms with E-state index in [0.717, 1.165) is 6.54 Å². The van der Waals surface area contributed by atoms with Crippen molar-refractivity contribution in [1.82, 2.24) is 4.90 Å². The van der Waals surface area contributed by atoms with E-state index >= 15 is 0 Å². The van der Waals surface area contributed by atoms with Crippen LogP contribution in [-0.2, 0) is 6.54 Å². The average molecular weight is 252 g/mol. The number of halogens is 1. The Morgan fingerprint density at radius 3 is 2.47 bits per heavy atom. The van der Waals surface area contributed by atoms with Crippen LogP contribution in [0.5, 0.6) is 0 Å². The van der Waals surface area contributed by atoms with Gasteiger partial charge in [-0.3, -0.25) is 4.90 Å². The lowest BCUT2D eigenvalue weighted by molar-refractivity contribution is 0.188. The van der Waals surface area contributed by atoms with Gasteiger partial charge < -0.3 is 0 Å². The first-order valence-electron chi connectivity index (χ1n) is 6.56. The first-order valence-corrected chi connectivity index (χ1v) is 7.00. The van der Waals surface area contributed by atoms with Crippen molar-refractivity contribution in [2.45, 2.75) is 50.6 Å².